The lowest BCUT2D eigenvalue weighted by atomic mass is 9.95. The van der Waals surface area contributed by atoms with Crippen LogP contribution in [0.3, 0.4) is 0 Å². The van der Waals surface area contributed by atoms with Crippen LogP contribution in [0.15, 0.2) is 30.3 Å². The Hall–Kier alpha value is -1.11. The van der Waals surface area contributed by atoms with Gasteiger partial charge < -0.3 is 0 Å². The van der Waals surface area contributed by atoms with E-state index in [-0.39, 0.29) is 5.82 Å². The molecule has 0 amide bonds. The van der Waals surface area contributed by atoms with Crippen LogP contribution in [0.4, 0.5) is 4.39 Å². The van der Waals surface area contributed by atoms with Gasteiger partial charge in [0.15, 0.2) is 0 Å². The summed E-state index contributed by atoms with van der Waals surface area (Å²) in [6, 6.07) is 7.16. The average Bonchev–Trinajstić information content (AvgIpc) is 2.82. The van der Waals surface area contributed by atoms with Crippen molar-refractivity contribution >= 4 is 5.57 Å². The summed E-state index contributed by atoms with van der Waals surface area (Å²) in [6.07, 6.45) is 9.61. The lowest BCUT2D eigenvalue weighted by Crippen LogP contribution is -1.94. The molecule has 1 heteroatoms. The Kier molecular flexibility index (Phi) is 4.36. The summed E-state index contributed by atoms with van der Waals surface area (Å²) < 4.78 is 13.8. The maximum atomic E-state index is 13.8. The Labute approximate surface area is 104 Å². The largest absolute Gasteiger partial charge is 0.206 e. The normalized spacial score (nSPS) is 17.6. The van der Waals surface area contributed by atoms with Gasteiger partial charge >= 0.3 is 0 Å². The Morgan fingerprint density at radius 2 is 2.00 bits per heavy atom. The molecule has 1 aromatic rings. The van der Waals surface area contributed by atoms with Crippen molar-refractivity contribution in [2.45, 2.75) is 45.4 Å². The highest BCUT2D eigenvalue weighted by molar-refractivity contribution is 5.66. The molecule has 0 unspecified atom stereocenters. The standard InChI is InChI=1S/C16H21F/c1-2-7-14(12-13-8-3-4-9-13)15-10-5-6-11-16(15)17/h5-6,10-13H,2-4,7-9H2,1H3/b14-12+. The van der Waals surface area contributed by atoms with E-state index in [0.29, 0.717) is 5.92 Å². The van der Waals surface area contributed by atoms with Crippen LogP contribution in [-0.2, 0) is 0 Å². The molecule has 0 aliphatic heterocycles. The molecule has 1 aliphatic rings. The zero-order chi connectivity index (χ0) is 12.1. The Balaban J connectivity index is 2.24. The number of allylic oxidation sites excluding steroid dienone is 2. The molecule has 0 N–H and O–H groups in total. The van der Waals surface area contributed by atoms with Gasteiger partial charge in [-0.05, 0) is 36.8 Å². The fourth-order valence-electron chi connectivity index (χ4n) is 2.71. The summed E-state index contributed by atoms with van der Waals surface area (Å²) in [5.74, 6) is 0.598. The quantitative estimate of drug-likeness (QED) is 0.669. The smallest absolute Gasteiger partial charge is 0.130 e. The molecule has 0 heterocycles. The van der Waals surface area contributed by atoms with Crippen LogP contribution < -0.4 is 0 Å². The topological polar surface area (TPSA) is 0 Å². The molecule has 17 heavy (non-hydrogen) atoms. The predicted octanol–water partition coefficient (Wildman–Crippen LogP) is 5.20. The number of halogens is 1. The van der Waals surface area contributed by atoms with Crippen LogP contribution in [0.2, 0.25) is 0 Å². The van der Waals surface area contributed by atoms with Gasteiger partial charge in [0, 0.05) is 5.56 Å². The van der Waals surface area contributed by atoms with Gasteiger partial charge in [-0.1, -0.05) is 50.5 Å². The molecular weight excluding hydrogens is 211 g/mol. The van der Waals surface area contributed by atoms with Crippen LogP contribution in [-0.4, -0.2) is 0 Å². The highest BCUT2D eigenvalue weighted by atomic mass is 19.1. The summed E-state index contributed by atoms with van der Waals surface area (Å²) in [5.41, 5.74) is 2.01. The van der Waals surface area contributed by atoms with Gasteiger partial charge in [0.1, 0.15) is 5.82 Å². The second-order valence-electron chi connectivity index (χ2n) is 4.97. The van der Waals surface area contributed by atoms with Crippen molar-refractivity contribution in [2.75, 3.05) is 0 Å². The van der Waals surface area contributed by atoms with Gasteiger partial charge in [-0.15, -0.1) is 0 Å². The monoisotopic (exact) mass is 232 g/mol. The number of rotatable bonds is 4. The van der Waals surface area contributed by atoms with Crippen molar-refractivity contribution in [2.24, 2.45) is 5.92 Å². The predicted molar refractivity (Wildman–Crippen MR) is 71.2 cm³/mol. The Bertz CT molecular complexity index is 386. The fraction of sp³-hybridized carbons (Fsp3) is 0.500. The molecule has 1 aromatic carbocycles. The van der Waals surface area contributed by atoms with E-state index in [4.69, 9.17) is 0 Å². The minimum atomic E-state index is -0.0785. The zero-order valence-electron chi connectivity index (χ0n) is 10.6. The van der Waals surface area contributed by atoms with Crippen LogP contribution in [0.1, 0.15) is 51.0 Å². The van der Waals surface area contributed by atoms with Crippen molar-refractivity contribution < 1.29 is 4.39 Å². The molecule has 1 fully saturated rings. The summed E-state index contributed by atoms with van der Waals surface area (Å²) in [7, 11) is 0. The molecule has 0 nitrogen and oxygen atoms in total. The number of hydrogen-bond donors (Lipinski definition) is 0. The summed E-state index contributed by atoms with van der Waals surface area (Å²) >= 11 is 0. The minimum absolute atomic E-state index is 0.0785. The second kappa shape index (κ2) is 6.00. The van der Waals surface area contributed by atoms with Gasteiger partial charge in [0.05, 0.1) is 0 Å². The van der Waals surface area contributed by atoms with Gasteiger partial charge in [-0.25, -0.2) is 4.39 Å². The van der Waals surface area contributed by atoms with Crippen LogP contribution >= 0.6 is 0 Å². The highest BCUT2D eigenvalue weighted by Gasteiger charge is 2.15. The van der Waals surface area contributed by atoms with Gasteiger partial charge in [0.25, 0.3) is 0 Å². The molecule has 0 bridgehead atoms. The molecule has 2 rings (SSSR count). The second-order valence-corrected chi connectivity index (χ2v) is 4.97. The molecule has 1 saturated carbocycles. The van der Waals surface area contributed by atoms with E-state index in [1.165, 1.54) is 31.3 Å². The number of benzene rings is 1. The van der Waals surface area contributed by atoms with E-state index in [2.05, 4.69) is 13.0 Å². The van der Waals surface area contributed by atoms with E-state index in [1.807, 2.05) is 12.1 Å². The van der Waals surface area contributed by atoms with Crippen molar-refractivity contribution in [3.05, 3.63) is 41.7 Å². The van der Waals surface area contributed by atoms with E-state index in [0.717, 1.165) is 18.4 Å². The van der Waals surface area contributed by atoms with Gasteiger partial charge in [-0.3, -0.25) is 0 Å². The molecular formula is C16H21F. The first-order valence-corrected chi connectivity index (χ1v) is 6.77. The molecule has 0 aromatic heterocycles. The van der Waals surface area contributed by atoms with Crippen LogP contribution in [0.5, 0.6) is 0 Å². The third-order valence-corrected chi connectivity index (χ3v) is 3.58. The number of hydrogen-bond acceptors (Lipinski definition) is 0. The lowest BCUT2D eigenvalue weighted by molar-refractivity contribution is 0.621. The van der Waals surface area contributed by atoms with Crippen LogP contribution in [0, 0.1) is 11.7 Å². The summed E-state index contributed by atoms with van der Waals surface area (Å²) in [6.45, 7) is 2.16. The molecule has 0 atom stereocenters. The fourth-order valence-corrected chi connectivity index (χ4v) is 2.71. The van der Waals surface area contributed by atoms with Crippen molar-refractivity contribution in [1.82, 2.24) is 0 Å². The molecule has 0 spiro atoms. The highest BCUT2D eigenvalue weighted by Crippen LogP contribution is 2.31. The van der Waals surface area contributed by atoms with E-state index in [1.54, 1.807) is 12.1 Å². The zero-order valence-corrected chi connectivity index (χ0v) is 10.6. The van der Waals surface area contributed by atoms with E-state index in [9.17, 15) is 4.39 Å². The van der Waals surface area contributed by atoms with Crippen molar-refractivity contribution in [1.29, 1.82) is 0 Å². The lowest BCUT2D eigenvalue weighted by Gasteiger charge is -2.11. The SMILES string of the molecule is CCC/C(=C\C1CCCC1)c1ccccc1F. The van der Waals surface area contributed by atoms with Gasteiger partial charge in [-0.2, -0.15) is 0 Å². The third-order valence-electron chi connectivity index (χ3n) is 3.58. The molecule has 0 saturated heterocycles. The summed E-state index contributed by atoms with van der Waals surface area (Å²) in [4.78, 5) is 0. The first-order valence-electron chi connectivity index (χ1n) is 6.77. The summed E-state index contributed by atoms with van der Waals surface area (Å²) in [5, 5.41) is 0. The third kappa shape index (κ3) is 3.18. The van der Waals surface area contributed by atoms with Gasteiger partial charge in [0.2, 0.25) is 0 Å². The first kappa shape index (κ1) is 12.3. The maximum absolute atomic E-state index is 13.8. The first-order chi connectivity index (χ1) is 8.31. The van der Waals surface area contributed by atoms with E-state index >= 15 is 0 Å². The molecule has 1 aliphatic carbocycles. The maximum Gasteiger partial charge on any atom is 0.130 e. The minimum Gasteiger partial charge on any atom is -0.206 e. The molecule has 0 radical (unpaired) electrons. The van der Waals surface area contributed by atoms with E-state index < -0.39 is 0 Å². The van der Waals surface area contributed by atoms with Crippen molar-refractivity contribution in [3.63, 3.8) is 0 Å². The Morgan fingerprint density at radius 1 is 1.29 bits per heavy atom. The average molecular weight is 232 g/mol. The van der Waals surface area contributed by atoms with Crippen LogP contribution in [0.25, 0.3) is 5.57 Å². The Morgan fingerprint density at radius 3 is 2.65 bits per heavy atom. The van der Waals surface area contributed by atoms with Crippen molar-refractivity contribution in [3.8, 4) is 0 Å². The molecule has 92 valence electrons.